The van der Waals surface area contributed by atoms with Crippen LogP contribution in [0.1, 0.15) is 37.8 Å². The molecule has 0 aliphatic heterocycles. The molecule has 0 spiro atoms. The summed E-state index contributed by atoms with van der Waals surface area (Å²) in [5.41, 5.74) is 2.52. The van der Waals surface area contributed by atoms with Gasteiger partial charge in [0.1, 0.15) is 5.75 Å². The molecule has 0 radical (unpaired) electrons. The zero-order chi connectivity index (χ0) is 12.0. The molecular weight excluding hydrogens is 198 g/mol. The third-order valence-corrected chi connectivity index (χ3v) is 2.80. The van der Waals surface area contributed by atoms with E-state index in [0.717, 1.165) is 12.3 Å². The van der Waals surface area contributed by atoms with Gasteiger partial charge in [0, 0.05) is 18.2 Å². The summed E-state index contributed by atoms with van der Waals surface area (Å²) in [6.07, 6.45) is 2.44. The summed E-state index contributed by atoms with van der Waals surface area (Å²) in [6, 6.07) is 6.87. The molecule has 0 aliphatic carbocycles. The molecule has 0 saturated carbocycles. The van der Waals surface area contributed by atoms with E-state index in [1.807, 2.05) is 6.07 Å². The van der Waals surface area contributed by atoms with Crippen molar-refractivity contribution in [1.82, 2.24) is 5.32 Å². The average molecular weight is 221 g/mol. The van der Waals surface area contributed by atoms with E-state index in [9.17, 15) is 0 Å². The summed E-state index contributed by atoms with van der Waals surface area (Å²) in [5.74, 6) is 0.974. The molecule has 2 heteroatoms. The number of rotatable bonds is 6. The molecule has 1 aromatic rings. The van der Waals surface area contributed by atoms with Crippen molar-refractivity contribution in [2.75, 3.05) is 7.11 Å². The maximum atomic E-state index is 5.35. The van der Waals surface area contributed by atoms with Gasteiger partial charge in [0.2, 0.25) is 0 Å². The van der Waals surface area contributed by atoms with E-state index in [1.54, 1.807) is 7.11 Å². The van der Waals surface area contributed by atoms with Gasteiger partial charge in [-0.1, -0.05) is 31.0 Å². The molecule has 0 heterocycles. The number of hydrogen-bond acceptors (Lipinski definition) is 2. The molecule has 1 atom stereocenters. The Labute approximate surface area is 99.0 Å². The highest BCUT2D eigenvalue weighted by Crippen LogP contribution is 2.19. The highest BCUT2D eigenvalue weighted by atomic mass is 16.5. The summed E-state index contributed by atoms with van der Waals surface area (Å²) in [4.78, 5) is 0. The largest absolute Gasteiger partial charge is 0.496 e. The fraction of sp³-hybridized carbons (Fsp3) is 0.571. The van der Waals surface area contributed by atoms with Crippen LogP contribution in [0.15, 0.2) is 18.2 Å². The number of hydrogen-bond donors (Lipinski definition) is 1. The average Bonchev–Trinajstić information content (AvgIpc) is 2.27. The standard InChI is InChI=1S/C14H23NO/c1-5-6-12(3)15-10-13-9-11(2)7-8-14(13)16-4/h7-9,12,15H,5-6,10H2,1-4H3. The maximum absolute atomic E-state index is 5.35. The maximum Gasteiger partial charge on any atom is 0.123 e. The summed E-state index contributed by atoms with van der Waals surface area (Å²) in [6.45, 7) is 7.43. The molecule has 0 saturated heterocycles. The number of aryl methyl sites for hydroxylation is 1. The predicted octanol–water partition coefficient (Wildman–Crippen LogP) is 3.28. The van der Waals surface area contributed by atoms with E-state index in [2.05, 4.69) is 38.2 Å². The Morgan fingerprint density at radius 3 is 2.75 bits per heavy atom. The Balaban J connectivity index is 2.61. The van der Waals surface area contributed by atoms with Gasteiger partial charge in [0.05, 0.1) is 7.11 Å². The highest BCUT2D eigenvalue weighted by Gasteiger charge is 2.05. The van der Waals surface area contributed by atoms with Gasteiger partial charge >= 0.3 is 0 Å². The van der Waals surface area contributed by atoms with E-state index >= 15 is 0 Å². The summed E-state index contributed by atoms with van der Waals surface area (Å²) in [7, 11) is 1.73. The van der Waals surface area contributed by atoms with Crippen molar-refractivity contribution < 1.29 is 4.74 Å². The molecule has 0 aliphatic rings. The van der Waals surface area contributed by atoms with Crippen molar-refractivity contribution in [3.63, 3.8) is 0 Å². The minimum absolute atomic E-state index is 0.565. The number of nitrogens with one attached hydrogen (secondary N) is 1. The quantitative estimate of drug-likeness (QED) is 0.796. The first-order valence-corrected chi connectivity index (χ1v) is 6.04. The van der Waals surface area contributed by atoms with Crippen LogP contribution in [0, 0.1) is 6.92 Å². The lowest BCUT2D eigenvalue weighted by Gasteiger charge is -2.15. The Bertz CT molecular complexity index is 323. The Morgan fingerprint density at radius 1 is 1.38 bits per heavy atom. The molecule has 16 heavy (non-hydrogen) atoms. The van der Waals surface area contributed by atoms with Crippen molar-refractivity contribution in [1.29, 1.82) is 0 Å². The molecule has 1 rings (SSSR count). The van der Waals surface area contributed by atoms with Crippen molar-refractivity contribution in [3.05, 3.63) is 29.3 Å². The van der Waals surface area contributed by atoms with Crippen molar-refractivity contribution >= 4 is 0 Å². The van der Waals surface area contributed by atoms with Crippen LogP contribution in [0.5, 0.6) is 5.75 Å². The molecule has 90 valence electrons. The number of methoxy groups -OCH3 is 1. The zero-order valence-electron chi connectivity index (χ0n) is 10.8. The molecule has 1 unspecified atom stereocenters. The van der Waals surface area contributed by atoms with Gasteiger partial charge in [-0.05, 0) is 26.3 Å². The van der Waals surface area contributed by atoms with Crippen molar-refractivity contribution in [2.24, 2.45) is 0 Å². The van der Waals surface area contributed by atoms with E-state index in [-0.39, 0.29) is 0 Å². The van der Waals surface area contributed by atoms with Crippen LogP contribution in [-0.4, -0.2) is 13.2 Å². The summed E-state index contributed by atoms with van der Waals surface area (Å²) < 4.78 is 5.35. The molecule has 1 aromatic carbocycles. The molecule has 1 N–H and O–H groups in total. The second-order valence-electron chi connectivity index (χ2n) is 4.39. The Hall–Kier alpha value is -1.02. The smallest absolute Gasteiger partial charge is 0.123 e. The second-order valence-corrected chi connectivity index (χ2v) is 4.39. The van der Waals surface area contributed by atoms with Gasteiger partial charge in [-0.2, -0.15) is 0 Å². The first kappa shape index (κ1) is 13.0. The van der Waals surface area contributed by atoms with Gasteiger partial charge in [0.25, 0.3) is 0 Å². The predicted molar refractivity (Wildman–Crippen MR) is 68.9 cm³/mol. The van der Waals surface area contributed by atoms with Gasteiger partial charge in [-0.3, -0.25) is 0 Å². The zero-order valence-corrected chi connectivity index (χ0v) is 10.8. The number of benzene rings is 1. The lowest BCUT2D eigenvalue weighted by molar-refractivity contribution is 0.404. The first-order valence-electron chi connectivity index (χ1n) is 6.04. The van der Waals surface area contributed by atoms with Gasteiger partial charge in [0.15, 0.2) is 0 Å². The van der Waals surface area contributed by atoms with E-state index in [1.165, 1.54) is 24.0 Å². The lowest BCUT2D eigenvalue weighted by atomic mass is 10.1. The van der Waals surface area contributed by atoms with Crippen LogP contribution < -0.4 is 10.1 Å². The van der Waals surface area contributed by atoms with Crippen LogP contribution in [0.2, 0.25) is 0 Å². The molecular formula is C14H23NO. The minimum atomic E-state index is 0.565. The second kappa shape index (κ2) is 6.54. The summed E-state index contributed by atoms with van der Waals surface area (Å²) in [5, 5.41) is 3.52. The Morgan fingerprint density at radius 2 is 2.12 bits per heavy atom. The van der Waals surface area contributed by atoms with E-state index in [0.29, 0.717) is 6.04 Å². The third kappa shape index (κ3) is 3.86. The monoisotopic (exact) mass is 221 g/mol. The molecule has 0 fully saturated rings. The van der Waals surface area contributed by atoms with Crippen LogP contribution in [0.25, 0.3) is 0 Å². The van der Waals surface area contributed by atoms with Crippen LogP contribution in [0.3, 0.4) is 0 Å². The molecule has 2 nitrogen and oxygen atoms in total. The lowest BCUT2D eigenvalue weighted by Crippen LogP contribution is -2.25. The van der Waals surface area contributed by atoms with Crippen LogP contribution in [-0.2, 0) is 6.54 Å². The third-order valence-electron chi connectivity index (χ3n) is 2.80. The van der Waals surface area contributed by atoms with E-state index in [4.69, 9.17) is 4.74 Å². The normalized spacial score (nSPS) is 12.5. The summed E-state index contributed by atoms with van der Waals surface area (Å²) >= 11 is 0. The first-order chi connectivity index (χ1) is 7.67. The SMILES string of the molecule is CCCC(C)NCc1cc(C)ccc1OC. The van der Waals surface area contributed by atoms with Gasteiger partial charge < -0.3 is 10.1 Å². The number of ether oxygens (including phenoxy) is 1. The molecule has 0 bridgehead atoms. The fourth-order valence-electron chi connectivity index (χ4n) is 1.86. The van der Waals surface area contributed by atoms with Crippen LogP contribution in [0.4, 0.5) is 0 Å². The van der Waals surface area contributed by atoms with E-state index < -0.39 is 0 Å². The van der Waals surface area contributed by atoms with Gasteiger partial charge in [-0.25, -0.2) is 0 Å². The van der Waals surface area contributed by atoms with Crippen LogP contribution >= 0.6 is 0 Å². The Kier molecular flexibility index (Phi) is 5.33. The fourth-order valence-corrected chi connectivity index (χ4v) is 1.86. The minimum Gasteiger partial charge on any atom is -0.496 e. The van der Waals surface area contributed by atoms with Gasteiger partial charge in [-0.15, -0.1) is 0 Å². The topological polar surface area (TPSA) is 21.3 Å². The molecule has 0 aromatic heterocycles. The van der Waals surface area contributed by atoms with Crippen molar-refractivity contribution in [2.45, 2.75) is 46.2 Å². The highest BCUT2D eigenvalue weighted by molar-refractivity contribution is 5.36. The molecule has 0 amide bonds. The van der Waals surface area contributed by atoms with Crippen molar-refractivity contribution in [3.8, 4) is 5.75 Å².